The van der Waals surface area contributed by atoms with E-state index in [0.717, 1.165) is 18.6 Å². The number of hydrogen-bond acceptors (Lipinski definition) is 3. The number of alkyl halides is 3. The summed E-state index contributed by atoms with van der Waals surface area (Å²) in [5.74, 6) is -0.736. The second-order valence-electron chi connectivity index (χ2n) is 6.23. The maximum atomic E-state index is 12.3. The summed E-state index contributed by atoms with van der Waals surface area (Å²) in [5.41, 5.74) is 1.52. The Bertz CT molecular complexity index is 885. The highest BCUT2D eigenvalue weighted by Crippen LogP contribution is 2.30. The molecule has 2 amide bonds. The minimum Gasteiger partial charge on any atom is -0.406 e. The van der Waals surface area contributed by atoms with Crippen molar-refractivity contribution in [2.45, 2.75) is 25.6 Å². The summed E-state index contributed by atoms with van der Waals surface area (Å²) in [5, 5.41) is 2.99. The summed E-state index contributed by atoms with van der Waals surface area (Å²) in [6.45, 7) is 0.611. The van der Waals surface area contributed by atoms with Crippen LogP contribution in [0.2, 0.25) is 5.02 Å². The van der Waals surface area contributed by atoms with E-state index in [0.29, 0.717) is 34.9 Å². The third kappa shape index (κ3) is 5.16. The molecule has 1 aliphatic rings. The van der Waals surface area contributed by atoms with Crippen molar-refractivity contribution >= 4 is 34.8 Å². The van der Waals surface area contributed by atoms with Crippen molar-refractivity contribution in [2.75, 3.05) is 16.8 Å². The predicted molar refractivity (Wildman–Crippen MR) is 98.5 cm³/mol. The first-order chi connectivity index (χ1) is 13.2. The normalized spacial score (nSPS) is 14.3. The van der Waals surface area contributed by atoms with Gasteiger partial charge in [0.1, 0.15) is 5.75 Å². The summed E-state index contributed by atoms with van der Waals surface area (Å²) in [4.78, 5) is 25.8. The molecule has 0 radical (unpaired) electrons. The summed E-state index contributed by atoms with van der Waals surface area (Å²) in [6, 6.07) is 9.97. The Morgan fingerprint density at radius 1 is 1.18 bits per heavy atom. The van der Waals surface area contributed by atoms with Gasteiger partial charge >= 0.3 is 6.36 Å². The van der Waals surface area contributed by atoms with E-state index in [1.807, 2.05) is 0 Å². The van der Waals surface area contributed by atoms with Crippen molar-refractivity contribution in [3.63, 3.8) is 0 Å². The molecule has 1 N–H and O–H groups in total. The van der Waals surface area contributed by atoms with Gasteiger partial charge in [0.2, 0.25) is 11.8 Å². The number of halogens is 4. The highest BCUT2D eigenvalue weighted by molar-refractivity contribution is 6.33. The fraction of sp³-hybridized carbons (Fsp3) is 0.263. The van der Waals surface area contributed by atoms with E-state index in [-0.39, 0.29) is 18.1 Å². The van der Waals surface area contributed by atoms with E-state index >= 15 is 0 Å². The van der Waals surface area contributed by atoms with E-state index in [9.17, 15) is 22.8 Å². The van der Waals surface area contributed by atoms with Crippen molar-refractivity contribution in [3.05, 3.63) is 53.1 Å². The van der Waals surface area contributed by atoms with E-state index in [1.165, 1.54) is 12.1 Å². The molecule has 0 aromatic heterocycles. The molecule has 1 aliphatic heterocycles. The van der Waals surface area contributed by atoms with Crippen LogP contribution in [0.25, 0.3) is 0 Å². The lowest BCUT2D eigenvalue weighted by atomic mass is 10.1. The second-order valence-corrected chi connectivity index (χ2v) is 6.64. The smallest absolute Gasteiger partial charge is 0.406 e. The molecule has 0 atom stereocenters. The van der Waals surface area contributed by atoms with Gasteiger partial charge in [-0.1, -0.05) is 23.7 Å². The van der Waals surface area contributed by atoms with Crippen LogP contribution in [-0.2, 0) is 16.0 Å². The van der Waals surface area contributed by atoms with Gasteiger partial charge < -0.3 is 15.0 Å². The van der Waals surface area contributed by atoms with E-state index in [2.05, 4.69) is 10.1 Å². The first-order valence-corrected chi connectivity index (χ1v) is 8.83. The number of nitrogens with zero attached hydrogens (tertiary/aromatic N) is 1. The maximum Gasteiger partial charge on any atom is 0.573 e. The Labute approximate surface area is 164 Å². The molecule has 2 aromatic carbocycles. The molecule has 1 fully saturated rings. The number of anilines is 2. The van der Waals surface area contributed by atoms with Crippen LogP contribution in [0.3, 0.4) is 0 Å². The minimum absolute atomic E-state index is 0.0146. The SMILES string of the molecule is O=C(Cc1ccc(OC(F)(F)F)cc1)Nc1cc(N2CCCC2=O)ccc1Cl. The largest absolute Gasteiger partial charge is 0.573 e. The zero-order chi connectivity index (χ0) is 20.3. The van der Waals surface area contributed by atoms with Gasteiger partial charge in [-0.3, -0.25) is 9.59 Å². The number of amides is 2. The maximum absolute atomic E-state index is 12.3. The van der Waals surface area contributed by atoms with Gasteiger partial charge in [0.25, 0.3) is 0 Å². The minimum atomic E-state index is -4.77. The fourth-order valence-electron chi connectivity index (χ4n) is 2.89. The third-order valence-corrected chi connectivity index (χ3v) is 4.46. The molecule has 28 heavy (non-hydrogen) atoms. The monoisotopic (exact) mass is 412 g/mol. The zero-order valence-corrected chi connectivity index (χ0v) is 15.3. The molecule has 3 rings (SSSR count). The highest BCUT2D eigenvalue weighted by Gasteiger charge is 2.31. The summed E-state index contributed by atoms with van der Waals surface area (Å²) >= 11 is 6.13. The highest BCUT2D eigenvalue weighted by atomic mass is 35.5. The van der Waals surface area contributed by atoms with Crippen LogP contribution in [0.15, 0.2) is 42.5 Å². The van der Waals surface area contributed by atoms with E-state index in [4.69, 9.17) is 11.6 Å². The number of carbonyl (C=O) groups excluding carboxylic acids is 2. The number of carbonyl (C=O) groups is 2. The lowest BCUT2D eigenvalue weighted by Gasteiger charge is -2.17. The molecule has 5 nitrogen and oxygen atoms in total. The second kappa shape index (κ2) is 8.10. The first kappa shape index (κ1) is 20.0. The number of hydrogen-bond donors (Lipinski definition) is 1. The number of rotatable bonds is 5. The van der Waals surface area contributed by atoms with Crippen molar-refractivity contribution in [2.24, 2.45) is 0 Å². The number of benzene rings is 2. The average molecular weight is 413 g/mol. The number of nitrogens with one attached hydrogen (secondary N) is 1. The van der Waals surface area contributed by atoms with Crippen LogP contribution >= 0.6 is 11.6 Å². The Balaban J connectivity index is 1.65. The molecule has 148 valence electrons. The summed E-state index contributed by atoms with van der Waals surface area (Å²) in [6.07, 6.45) is -3.57. The van der Waals surface area contributed by atoms with Gasteiger partial charge in [-0.15, -0.1) is 13.2 Å². The fourth-order valence-corrected chi connectivity index (χ4v) is 3.05. The number of ether oxygens (including phenoxy) is 1. The van der Waals surface area contributed by atoms with Crippen LogP contribution in [0.5, 0.6) is 5.75 Å². The standard InChI is InChI=1S/C19H16ClF3N2O3/c20-15-8-5-13(25-9-1-2-18(25)27)11-16(15)24-17(26)10-12-3-6-14(7-4-12)28-19(21,22)23/h3-8,11H,1-2,9-10H2,(H,24,26). The van der Waals surface area contributed by atoms with Crippen LogP contribution in [-0.4, -0.2) is 24.7 Å². The Morgan fingerprint density at radius 3 is 2.50 bits per heavy atom. The molecule has 0 aliphatic carbocycles. The molecule has 0 bridgehead atoms. The Kier molecular flexibility index (Phi) is 5.79. The van der Waals surface area contributed by atoms with Crippen molar-refractivity contribution < 1.29 is 27.5 Å². The quantitative estimate of drug-likeness (QED) is 0.784. The Hall–Kier alpha value is -2.74. The molecular formula is C19H16ClF3N2O3. The van der Waals surface area contributed by atoms with Gasteiger partial charge in [-0.25, -0.2) is 0 Å². The lowest BCUT2D eigenvalue weighted by molar-refractivity contribution is -0.274. The Morgan fingerprint density at radius 2 is 1.89 bits per heavy atom. The van der Waals surface area contributed by atoms with Gasteiger partial charge in [-0.2, -0.15) is 0 Å². The third-order valence-electron chi connectivity index (χ3n) is 4.13. The molecular weight excluding hydrogens is 397 g/mol. The van der Waals surface area contributed by atoms with Crippen LogP contribution in [0.1, 0.15) is 18.4 Å². The average Bonchev–Trinajstić information content (AvgIpc) is 3.03. The van der Waals surface area contributed by atoms with Crippen LogP contribution in [0, 0.1) is 0 Å². The molecule has 0 spiro atoms. The van der Waals surface area contributed by atoms with E-state index < -0.39 is 12.3 Å². The van der Waals surface area contributed by atoms with Crippen LogP contribution < -0.4 is 15.0 Å². The molecule has 1 saturated heterocycles. The first-order valence-electron chi connectivity index (χ1n) is 8.46. The molecule has 0 unspecified atom stereocenters. The molecule has 1 heterocycles. The summed E-state index contributed by atoms with van der Waals surface area (Å²) < 4.78 is 40.3. The summed E-state index contributed by atoms with van der Waals surface area (Å²) in [7, 11) is 0. The topological polar surface area (TPSA) is 58.6 Å². The molecule has 9 heteroatoms. The van der Waals surface area contributed by atoms with Gasteiger partial charge in [0, 0.05) is 18.7 Å². The van der Waals surface area contributed by atoms with Crippen LogP contribution in [0.4, 0.5) is 24.5 Å². The van der Waals surface area contributed by atoms with Gasteiger partial charge in [0.15, 0.2) is 0 Å². The van der Waals surface area contributed by atoms with E-state index in [1.54, 1.807) is 23.1 Å². The van der Waals surface area contributed by atoms with Gasteiger partial charge in [-0.05, 0) is 42.3 Å². The van der Waals surface area contributed by atoms with Crippen molar-refractivity contribution in [3.8, 4) is 5.75 Å². The predicted octanol–water partition coefficient (Wildman–Crippen LogP) is 4.55. The zero-order valence-electron chi connectivity index (χ0n) is 14.6. The van der Waals surface area contributed by atoms with Crippen molar-refractivity contribution in [1.29, 1.82) is 0 Å². The van der Waals surface area contributed by atoms with Gasteiger partial charge in [0.05, 0.1) is 17.1 Å². The lowest BCUT2D eigenvalue weighted by Crippen LogP contribution is -2.24. The molecule has 0 saturated carbocycles. The molecule has 2 aromatic rings. The van der Waals surface area contributed by atoms with Crippen molar-refractivity contribution in [1.82, 2.24) is 0 Å².